The molecule has 1 fully saturated rings. The van der Waals surface area contributed by atoms with Crippen molar-refractivity contribution in [2.24, 2.45) is 0 Å². The molecule has 0 bridgehead atoms. The van der Waals surface area contributed by atoms with Crippen LogP contribution in [0.5, 0.6) is 0 Å². The normalized spacial score (nSPS) is 30.6. The Morgan fingerprint density at radius 1 is 1.24 bits per heavy atom. The maximum atomic E-state index is 12.6. The van der Waals surface area contributed by atoms with Gasteiger partial charge >= 0.3 is 0 Å². The van der Waals surface area contributed by atoms with Gasteiger partial charge in [-0.05, 0) is 36.2 Å². The molecule has 1 saturated heterocycles. The fraction of sp³-hybridized carbons (Fsp3) is 0.850. The standard InChI is InChI=1S/C20H38O3Si2/c1-10-11-18-20(22-18,24(5,6)7)14-15-12-16(13-17(15)21)23-25(8,9)19(2,3)4/h12,16,18H,10-11,13-14H2,1-9H3. The first-order valence-corrected chi connectivity index (χ1v) is 16.2. The Morgan fingerprint density at radius 2 is 1.84 bits per heavy atom. The number of carbonyl (C=O) groups excluding carboxylic acids is 1. The summed E-state index contributed by atoms with van der Waals surface area (Å²) in [5, 5.41) is 0.119. The number of ketones is 1. The Morgan fingerprint density at radius 3 is 2.32 bits per heavy atom. The lowest BCUT2D eigenvalue weighted by Crippen LogP contribution is -2.44. The topological polar surface area (TPSA) is 38.8 Å². The third-order valence-corrected chi connectivity index (χ3v) is 14.1. The third kappa shape index (κ3) is 4.20. The van der Waals surface area contributed by atoms with Gasteiger partial charge in [-0.2, -0.15) is 0 Å². The molecule has 3 atom stereocenters. The molecule has 1 aliphatic heterocycles. The molecular formula is C20H38O3Si2. The Balaban J connectivity index is 2.13. The zero-order chi connectivity index (χ0) is 19.3. The van der Waals surface area contributed by atoms with E-state index in [1.54, 1.807) is 0 Å². The largest absolute Gasteiger partial charge is 0.410 e. The molecule has 3 nitrogen and oxygen atoms in total. The van der Waals surface area contributed by atoms with Crippen molar-refractivity contribution in [2.45, 2.75) is 109 Å². The maximum Gasteiger partial charge on any atom is 0.192 e. The lowest BCUT2D eigenvalue weighted by molar-refractivity contribution is -0.115. The van der Waals surface area contributed by atoms with Crippen LogP contribution in [0.3, 0.4) is 0 Å². The van der Waals surface area contributed by atoms with E-state index in [9.17, 15) is 4.79 Å². The first kappa shape index (κ1) is 21.1. The van der Waals surface area contributed by atoms with Crippen molar-refractivity contribution in [3.8, 4) is 0 Å². The number of ether oxygens (including phenoxy) is 1. The smallest absolute Gasteiger partial charge is 0.192 e. The van der Waals surface area contributed by atoms with Crippen molar-refractivity contribution in [3.05, 3.63) is 11.6 Å². The van der Waals surface area contributed by atoms with Gasteiger partial charge < -0.3 is 9.16 Å². The zero-order valence-corrected chi connectivity index (χ0v) is 19.8. The number of Topliss-reactive ketones (excluding diaryl/α,β-unsaturated/α-hetero) is 1. The number of carbonyl (C=O) groups is 1. The van der Waals surface area contributed by atoms with Crippen LogP contribution in [-0.4, -0.2) is 39.6 Å². The summed E-state index contributed by atoms with van der Waals surface area (Å²) in [6.07, 6.45) is 5.99. The van der Waals surface area contributed by atoms with E-state index in [0.717, 1.165) is 24.8 Å². The molecule has 0 N–H and O–H groups in total. The summed E-state index contributed by atoms with van der Waals surface area (Å²) in [6, 6.07) is 0. The van der Waals surface area contributed by atoms with E-state index in [4.69, 9.17) is 9.16 Å². The molecule has 5 heteroatoms. The second-order valence-electron chi connectivity index (χ2n) is 10.4. The Labute approximate surface area is 156 Å². The number of epoxide rings is 1. The Hall–Kier alpha value is -0.236. The predicted octanol–water partition coefficient (Wildman–Crippen LogP) is 5.48. The molecule has 3 unspecified atom stereocenters. The van der Waals surface area contributed by atoms with Crippen LogP contribution in [0.1, 0.15) is 53.4 Å². The van der Waals surface area contributed by atoms with E-state index in [1.807, 2.05) is 0 Å². The molecule has 0 aromatic rings. The highest BCUT2D eigenvalue weighted by Gasteiger charge is 2.63. The quantitative estimate of drug-likeness (QED) is 0.432. The van der Waals surface area contributed by atoms with Crippen LogP contribution >= 0.6 is 0 Å². The number of rotatable bonds is 7. The monoisotopic (exact) mass is 382 g/mol. The van der Waals surface area contributed by atoms with Gasteiger partial charge in [0.15, 0.2) is 14.1 Å². The average Bonchev–Trinajstić information content (AvgIpc) is 3.00. The molecular weight excluding hydrogens is 344 g/mol. The molecule has 1 heterocycles. The van der Waals surface area contributed by atoms with Gasteiger partial charge in [0.25, 0.3) is 0 Å². The first-order valence-electron chi connectivity index (χ1n) is 9.83. The minimum absolute atomic E-state index is 0.0366. The number of hydrogen-bond donors (Lipinski definition) is 0. The van der Waals surface area contributed by atoms with E-state index in [0.29, 0.717) is 12.5 Å². The second kappa shape index (κ2) is 6.73. The minimum atomic E-state index is -1.85. The third-order valence-electron chi connectivity index (χ3n) is 6.47. The molecule has 0 saturated carbocycles. The van der Waals surface area contributed by atoms with Gasteiger partial charge in [-0.3, -0.25) is 4.79 Å². The van der Waals surface area contributed by atoms with E-state index < -0.39 is 16.4 Å². The van der Waals surface area contributed by atoms with Crippen molar-refractivity contribution < 1.29 is 14.0 Å². The molecule has 1 aliphatic carbocycles. The average molecular weight is 383 g/mol. The number of hydrogen-bond acceptors (Lipinski definition) is 3. The van der Waals surface area contributed by atoms with Gasteiger partial charge in [-0.15, -0.1) is 0 Å². The highest BCUT2D eigenvalue weighted by molar-refractivity contribution is 6.80. The highest BCUT2D eigenvalue weighted by Crippen LogP contribution is 2.51. The molecule has 2 rings (SSSR count). The molecule has 144 valence electrons. The van der Waals surface area contributed by atoms with Crippen LogP contribution in [0.15, 0.2) is 11.6 Å². The van der Waals surface area contributed by atoms with Crippen LogP contribution in [0.4, 0.5) is 0 Å². The molecule has 2 aliphatic rings. The maximum absolute atomic E-state index is 12.6. The van der Waals surface area contributed by atoms with Crippen molar-refractivity contribution >= 4 is 22.2 Å². The molecule has 0 amide bonds. The lowest BCUT2D eigenvalue weighted by atomic mass is 10.0. The van der Waals surface area contributed by atoms with E-state index >= 15 is 0 Å². The zero-order valence-electron chi connectivity index (χ0n) is 17.8. The fourth-order valence-electron chi connectivity index (χ4n) is 3.62. The summed E-state index contributed by atoms with van der Waals surface area (Å²) in [6.45, 7) is 20.6. The molecule has 25 heavy (non-hydrogen) atoms. The van der Waals surface area contributed by atoms with Gasteiger partial charge in [-0.1, -0.05) is 53.8 Å². The van der Waals surface area contributed by atoms with Crippen LogP contribution < -0.4 is 0 Å². The Kier molecular flexibility index (Phi) is 5.67. The van der Waals surface area contributed by atoms with Crippen LogP contribution in [-0.2, 0) is 14.0 Å². The van der Waals surface area contributed by atoms with Gasteiger partial charge in [0.2, 0.25) is 0 Å². The molecule has 0 aromatic carbocycles. The summed E-state index contributed by atoms with van der Waals surface area (Å²) in [5.41, 5.74) is 0.963. The van der Waals surface area contributed by atoms with Gasteiger partial charge in [0, 0.05) is 12.8 Å². The first-order chi connectivity index (χ1) is 11.2. The van der Waals surface area contributed by atoms with Gasteiger partial charge in [-0.25, -0.2) is 0 Å². The van der Waals surface area contributed by atoms with Crippen LogP contribution in [0, 0.1) is 0 Å². The van der Waals surface area contributed by atoms with Crippen molar-refractivity contribution in [1.82, 2.24) is 0 Å². The predicted molar refractivity (Wildman–Crippen MR) is 110 cm³/mol. The van der Waals surface area contributed by atoms with E-state index in [1.165, 1.54) is 0 Å². The fourth-order valence-corrected chi connectivity index (χ4v) is 7.20. The summed E-state index contributed by atoms with van der Waals surface area (Å²) in [7, 11) is -3.37. The summed E-state index contributed by atoms with van der Waals surface area (Å²) in [5.74, 6) is 0.270. The van der Waals surface area contributed by atoms with E-state index in [-0.39, 0.29) is 22.1 Å². The van der Waals surface area contributed by atoms with Gasteiger partial charge in [0.1, 0.15) is 0 Å². The summed E-state index contributed by atoms with van der Waals surface area (Å²) < 4.78 is 12.7. The minimum Gasteiger partial charge on any atom is -0.410 e. The van der Waals surface area contributed by atoms with E-state index in [2.05, 4.69) is 66.5 Å². The SMILES string of the molecule is CCCC1OC1(CC1=CC(O[Si](C)(C)C(C)(C)C)CC1=O)[Si](C)(C)C. The summed E-state index contributed by atoms with van der Waals surface area (Å²) in [4.78, 5) is 12.6. The Bertz CT molecular complexity index is 554. The van der Waals surface area contributed by atoms with Gasteiger partial charge in [0.05, 0.1) is 25.5 Å². The van der Waals surface area contributed by atoms with Crippen LogP contribution in [0.2, 0.25) is 37.8 Å². The second-order valence-corrected chi connectivity index (χ2v) is 20.5. The lowest BCUT2D eigenvalue weighted by Gasteiger charge is -2.37. The van der Waals surface area contributed by atoms with Crippen molar-refractivity contribution in [3.63, 3.8) is 0 Å². The molecule has 0 spiro atoms. The van der Waals surface area contributed by atoms with Crippen molar-refractivity contribution in [1.29, 1.82) is 0 Å². The summed E-state index contributed by atoms with van der Waals surface area (Å²) >= 11 is 0. The highest BCUT2D eigenvalue weighted by atomic mass is 28.4. The van der Waals surface area contributed by atoms with Crippen molar-refractivity contribution in [2.75, 3.05) is 0 Å². The van der Waals surface area contributed by atoms with Crippen LogP contribution in [0.25, 0.3) is 0 Å². The molecule has 0 aromatic heterocycles. The molecule has 0 radical (unpaired) electrons.